The van der Waals surface area contributed by atoms with E-state index < -0.39 is 17.7 Å². The van der Waals surface area contributed by atoms with E-state index in [-0.39, 0.29) is 12.2 Å². The van der Waals surface area contributed by atoms with E-state index in [1.807, 2.05) is 0 Å². The number of likely N-dealkylation sites (N-methyl/N-ethyl adjacent to an activating group) is 1. The van der Waals surface area contributed by atoms with Gasteiger partial charge in [0.15, 0.2) is 0 Å². The molecule has 122 valence electrons. The van der Waals surface area contributed by atoms with Crippen LogP contribution in [-0.4, -0.2) is 47.9 Å². The highest BCUT2D eigenvalue weighted by Gasteiger charge is 2.19. The molecule has 0 bridgehead atoms. The molecule has 0 heterocycles. The number of ether oxygens (including phenoxy) is 2. The van der Waals surface area contributed by atoms with Gasteiger partial charge in [-0.2, -0.15) is 0 Å². The van der Waals surface area contributed by atoms with Crippen LogP contribution >= 0.6 is 0 Å². The molecule has 1 rings (SSSR count). The van der Waals surface area contributed by atoms with Crippen LogP contribution in [0.1, 0.15) is 36.7 Å². The van der Waals surface area contributed by atoms with Crippen molar-refractivity contribution in [3.05, 3.63) is 29.3 Å². The summed E-state index contributed by atoms with van der Waals surface area (Å²) in [6.07, 6.45) is -0.425. The van der Waals surface area contributed by atoms with Gasteiger partial charge in [-0.25, -0.2) is 9.59 Å². The molecule has 0 aromatic heterocycles. The summed E-state index contributed by atoms with van der Waals surface area (Å²) in [7, 11) is 1.62. The van der Waals surface area contributed by atoms with Crippen LogP contribution in [0.5, 0.6) is 5.75 Å². The highest BCUT2D eigenvalue weighted by molar-refractivity contribution is 5.89. The van der Waals surface area contributed by atoms with Crippen molar-refractivity contribution >= 4 is 12.1 Å². The third-order valence-electron chi connectivity index (χ3n) is 2.84. The lowest BCUT2D eigenvalue weighted by Crippen LogP contribution is -2.36. The average Bonchev–Trinajstić information content (AvgIpc) is 2.38. The third kappa shape index (κ3) is 5.63. The minimum Gasteiger partial charge on any atom is -0.492 e. The Labute approximate surface area is 130 Å². The minimum atomic E-state index is -0.992. The first-order valence-corrected chi connectivity index (χ1v) is 7.01. The van der Waals surface area contributed by atoms with E-state index in [9.17, 15) is 9.59 Å². The standard InChI is InChI=1S/C16H23NO5/c1-11-6-7-12(10-13(11)14(18)19)21-9-8-17(5)15(20)22-16(2,3)4/h6-7,10H,8-9H2,1-5H3,(H,18,19). The highest BCUT2D eigenvalue weighted by atomic mass is 16.6. The number of hydrogen-bond donors (Lipinski definition) is 1. The first-order valence-electron chi connectivity index (χ1n) is 7.01. The highest BCUT2D eigenvalue weighted by Crippen LogP contribution is 2.17. The molecule has 0 saturated carbocycles. The zero-order valence-corrected chi connectivity index (χ0v) is 13.7. The Balaban J connectivity index is 2.52. The summed E-state index contributed by atoms with van der Waals surface area (Å²) in [6.45, 7) is 7.71. The summed E-state index contributed by atoms with van der Waals surface area (Å²) in [4.78, 5) is 24.2. The Morgan fingerprint density at radius 1 is 1.27 bits per heavy atom. The van der Waals surface area contributed by atoms with Crippen LogP contribution in [0, 0.1) is 6.92 Å². The van der Waals surface area contributed by atoms with E-state index in [2.05, 4.69) is 0 Å². The number of carbonyl (C=O) groups is 2. The second-order valence-electron chi connectivity index (χ2n) is 6.03. The topological polar surface area (TPSA) is 76.1 Å². The van der Waals surface area contributed by atoms with Gasteiger partial charge in [0.25, 0.3) is 0 Å². The molecule has 0 radical (unpaired) electrons. The molecule has 1 aromatic rings. The molecule has 0 fully saturated rings. The minimum absolute atomic E-state index is 0.206. The molecule has 6 nitrogen and oxygen atoms in total. The number of aryl methyl sites for hydroxylation is 1. The molecule has 6 heteroatoms. The maximum atomic E-state index is 11.8. The van der Waals surface area contributed by atoms with Gasteiger partial charge in [0.05, 0.1) is 12.1 Å². The lowest BCUT2D eigenvalue weighted by molar-refractivity contribution is 0.0278. The molecule has 1 aromatic carbocycles. The summed E-state index contributed by atoms with van der Waals surface area (Å²) in [5.74, 6) is -0.533. The Hall–Kier alpha value is -2.24. The molecule has 0 unspecified atom stereocenters. The molecule has 0 aliphatic carbocycles. The van der Waals surface area contributed by atoms with E-state index in [0.29, 0.717) is 17.9 Å². The number of carbonyl (C=O) groups excluding carboxylic acids is 1. The molecular weight excluding hydrogens is 286 g/mol. The van der Waals surface area contributed by atoms with Crippen LogP contribution in [0.15, 0.2) is 18.2 Å². The monoisotopic (exact) mass is 309 g/mol. The van der Waals surface area contributed by atoms with Crippen molar-refractivity contribution in [3.8, 4) is 5.75 Å². The van der Waals surface area contributed by atoms with Crippen LogP contribution in [-0.2, 0) is 4.74 Å². The van der Waals surface area contributed by atoms with Crippen molar-refractivity contribution in [1.29, 1.82) is 0 Å². The summed E-state index contributed by atoms with van der Waals surface area (Å²) in [6, 6.07) is 4.87. The van der Waals surface area contributed by atoms with E-state index >= 15 is 0 Å². The Morgan fingerprint density at radius 3 is 2.45 bits per heavy atom. The van der Waals surface area contributed by atoms with Gasteiger partial charge < -0.3 is 19.5 Å². The second kappa shape index (κ2) is 7.15. The van der Waals surface area contributed by atoms with E-state index in [1.54, 1.807) is 46.9 Å². The van der Waals surface area contributed by atoms with Crippen molar-refractivity contribution in [1.82, 2.24) is 4.90 Å². The zero-order valence-electron chi connectivity index (χ0n) is 13.7. The van der Waals surface area contributed by atoms with Gasteiger partial charge in [-0.3, -0.25) is 0 Å². The average molecular weight is 309 g/mol. The normalized spacial score (nSPS) is 11.0. The Kier molecular flexibility index (Phi) is 5.79. The lowest BCUT2D eigenvalue weighted by atomic mass is 10.1. The van der Waals surface area contributed by atoms with Crippen LogP contribution in [0.2, 0.25) is 0 Å². The third-order valence-corrected chi connectivity index (χ3v) is 2.84. The van der Waals surface area contributed by atoms with Crippen LogP contribution < -0.4 is 4.74 Å². The van der Waals surface area contributed by atoms with Gasteiger partial charge in [0.2, 0.25) is 0 Å². The molecule has 0 saturated heterocycles. The number of hydrogen-bond acceptors (Lipinski definition) is 4. The van der Waals surface area contributed by atoms with Crippen LogP contribution in [0.4, 0.5) is 4.79 Å². The van der Waals surface area contributed by atoms with Gasteiger partial charge in [-0.05, 0) is 45.4 Å². The van der Waals surface area contributed by atoms with Crippen molar-refractivity contribution in [2.75, 3.05) is 20.2 Å². The summed E-state index contributed by atoms with van der Waals surface area (Å²) in [5.41, 5.74) is 0.336. The summed E-state index contributed by atoms with van der Waals surface area (Å²) < 4.78 is 10.7. The second-order valence-corrected chi connectivity index (χ2v) is 6.03. The molecule has 0 spiro atoms. The number of carboxylic acids is 1. The van der Waals surface area contributed by atoms with E-state index in [4.69, 9.17) is 14.6 Å². The molecule has 0 atom stereocenters. The Bertz CT molecular complexity index is 548. The maximum absolute atomic E-state index is 11.8. The number of nitrogens with zero attached hydrogens (tertiary/aromatic N) is 1. The van der Waals surface area contributed by atoms with Gasteiger partial charge in [-0.15, -0.1) is 0 Å². The van der Waals surface area contributed by atoms with Gasteiger partial charge in [0.1, 0.15) is 18.0 Å². The fraction of sp³-hybridized carbons (Fsp3) is 0.500. The first kappa shape index (κ1) is 17.8. The summed E-state index contributed by atoms with van der Waals surface area (Å²) >= 11 is 0. The van der Waals surface area contributed by atoms with Crippen molar-refractivity contribution in [2.24, 2.45) is 0 Å². The van der Waals surface area contributed by atoms with E-state index in [0.717, 1.165) is 0 Å². The molecule has 22 heavy (non-hydrogen) atoms. The van der Waals surface area contributed by atoms with Crippen molar-refractivity contribution < 1.29 is 24.2 Å². The first-order chi connectivity index (χ1) is 10.1. The number of aromatic carboxylic acids is 1. The predicted molar refractivity (Wildman–Crippen MR) is 82.5 cm³/mol. The van der Waals surface area contributed by atoms with Gasteiger partial charge >= 0.3 is 12.1 Å². The fourth-order valence-electron chi connectivity index (χ4n) is 1.65. The predicted octanol–water partition coefficient (Wildman–Crippen LogP) is 2.94. The Morgan fingerprint density at radius 2 is 1.91 bits per heavy atom. The van der Waals surface area contributed by atoms with Crippen LogP contribution in [0.25, 0.3) is 0 Å². The van der Waals surface area contributed by atoms with Crippen molar-refractivity contribution in [2.45, 2.75) is 33.3 Å². The smallest absolute Gasteiger partial charge is 0.410 e. The quantitative estimate of drug-likeness (QED) is 0.905. The molecule has 1 N–H and O–H groups in total. The summed E-state index contributed by atoms with van der Waals surface area (Å²) in [5, 5.41) is 9.06. The van der Waals surface area contributed by atoms with Crippen molar-refractivity contribution in [3.63, 3.8) is 0 Å². The van der Waals surface area contributed by atoms with Gasteiger partial charge in [-0.1, -0.05) is 6.07 Å². The van der Waals surface area contributed by atoms with Crippen LogP contribution in [0.3, 0.4) is 0 Å². The van der Waals surface area contributed by atoms with Gasteiger partial charge in [0, 0.05) is 7.05 Å². The largest absolute Gasteiger partial charge is 0.492 e. The number of carboxylic acid groups (broad SMARTS) is 1. The van der Waals surface area contributed by atoms with E-state index in [1.165, 1.54) is 11.0 Å². The lowest BCUT2D eigenvalue weighted by Gasteiger charge is -2.24. The number of benzene rings is 1. The molecule has 0 aliphatic rings. The molecular formula is C16H23NO5. The maximum Gasteiger partial charge on any atom is 0.410 e. The molecule has 0 aliphatic heterocycles. The SMILES string of the molecule is Cc1ccc(OCCN(C)C(=O)OC(C)(C)C)cc1C(=O)O. The number of amides is 1. The zero-order chi connectivity index (χ0) is 16.9. The fourth-order valence-corrected chi connectivity index (χ4v) is 1.65. The molecule has 1 amide bonds. The number of rotatable bonds is 5.